The number of benzene rings is 10. The Bertz CT molecular complexity index is 2910. The molecule has 62 heavy (non-hydrogen) atoms. The molecule has 0 N–H and O–H groups in total. The minimum atomic E-state index is -4.67. The highest BCUT2D eigenvalue weighted by Gasteiger charge is 2.37. The molecule has 0 saturated heterocycles. The van der Waals surface area contributed by atoms with Crippen molar-refractivity contribution in [1.29, 1.82) is 0 Å². The fraction of sp³-hybridized carbons (Fsp3) is 0.0370. The Labute approximate surface area is 355 Å². The van der Waals surface area contributed by atoms with Gasteiger partial charge >= 0.3 is 12.4 Å². The van der Waals surface area contributed by atoms with Crippen molar-refractivity contribution in [1.82, 2.24) is 0 Å². The molecule has 10 aromatic carbocycles. The van der Waals surface area contributed by atoms with Gasteiger partial charge in [0.1, 0.15) is 0 Å². The molecule has 0 atom stereocenters. The van der Waals surface area contributed by atoms with Crippen molar-refractivity contribution < 1.29 is 26.3 Å². The zero-order chi connectivity index (χ0) is 42.6. The van der Waals surface area contributed by atoms with Crippen molar-refractivity contribution >= 4 is 78.5 Å². The molecule has 0 unspecified atom stereocenters. The quantitative estimate of drug-likeness (QED) is 0.0814. The van der Waals surface area contributed by atoms with Gasteiger partial charge in [-0.3, -0.25) is 0 Å². The lowest BCUT2D eigenvalue weighted by Crippen LogP contribution is -2.52. The summed E-state index contributed by atoms with van der Waals surface area (Å²) in [5.74, 6) is 0. The first-order chi connectivity index (χ1) is 30.1. The molecule has 0 aliphatic carbocycles. The predicted octanol–water partition coefficient (Wildman–Crippen LogP) is 11.0. The summed E-state index contributed by atoms with van der Waals surface area (Å²) in [6.07, 6.45) is -9.33. The summed E-state index contributed by atoms with van der Waals surface area (Å²) in [6, 6.07) is 62.2. The van der Waals surface area contributed by atoms with Crippen LogP contribution in [0, 0.1) is 0 Å². The van der Waals surface area contributed by atoms with Crippen LogP contribution in [0.15, 0.2) is 206 Å². The molecule has 0 nitrogen and oxygen atoms in total. The van der Waals surface area contributed by atoms with Crippen LogP contribution in [0.2, 0.25) is 0 Å². The smallest absolute Gasteiger partial charge is 0.166 e. The molecular formula is C54H34B2F6. The van der Waals surface area contributed by atoms with E-state index in [0.717, 1.165) is 55.7 Å². The first-order valence-electron chi connectivity index (χ1n) is 20.4. The van der Waals surface area contributed by atoms with Gasteiger partial charge in [-0.1, -0.05) is 227 Å². The van der Waals surface area contributed by atoms with Gasteiger partial charge in [-0.15, -0.1) is 0 Å². The van der Waals surface area contributed by atoms with E-state index in [1.807, 2.05) is 133 Å². The second kappa shape index (κ2) is 15.4. The SMILES string of the molecule is FC(F)(F)c1ccccc1-c1cc(B(c2ccccc2)c2ccccc2)c2ccc3c(B(c4ccccc4)c4ccccc4)cc(-c4ccccc4C(F)(F)F)c4ccc1c2c34. The molecule has 8 heteroatoms. The molecule has 0 fully saturated rings. The van der Waals surface area contributed by atoms with Crippen molar-refractivity contribution in [2.75, 3.05) is 0 Å². The molecule has 0 spiro atoms. The third-order valence-electron chi connectivity index (χ3n) is 12.2. The van der Waals surface area contributed by atoms with Crippen LogP contribution in [0.5, 0.6) is 0 Å². The zero-order valence-electron chi connectivity index (χ0n) is 33.1. The van der Waals surface area contributed by atoms with Gasteiger partial charge in [-0.05, 0) is 66.7 Å². The number of hydrogen-bond donors (Lipinski definition) is 0. The van der Waals surface area contributed by atoms with E-state index in [-0.39, 0.29) is 11.1 Å². The topological polar surface area (TPSA) is 0 Å². The Morgan fingerprint density at radius 3 is 0.855 bits per heavy atom. The highest BCUT2D eigenvalue weighted by Crippen LogP contribution is 2.46. The minimum Gasteiger partial charge on any atom is -0.166 e. The lowest BCUT2D eigenvalue weighted by atomic mass is 9.35. The van der Waals surface area contributed by atoms with Crippen LogP contribution in [0.4, 0.5) is 26.3 Å². The van der Waals surface area contributed by atoms with Crippen molar-refractivity contribution in [3.8, 4) is 22.3 Å². The van der Waals surface area contributed by atoms with E-state index in [9.17, 15) is 0 Å². The molecule has 0 bridgehead atoms. The number of rotatable bonds is 8. The molecule has 0 aliphatic rings. The lowest BCUT2D eigenvalue weighted by Gasteiger charge is -2.26. The van der Waals surface area contributed by atoms with E-state index in [1.54, 1.807) is 24.3 Å². The van der Waals surface area contributed by atoms with E-state index < -0.39 is 36.9 Å². The van der Waals surface area contributed by atoms with Crippen LogP contribution < -0.4 is 32.8 Å². The second-order valence-electron chi connectivity index (χ2n) is 15.7. The van der Waals surface area contributed by atoms with E-state index in [1.165, 1.54) is 24.3 Å². The van der Waals surface area contributed by atoms with Crippen molar-refractivity contribution in [2.24, 2.45) is 0 Å². The van der Waals surface area contributed by atoms with Crippen LogP contribution in [0.3, 0.4) is 0 Å². The summed E-state index contributed by atoms with van der Waals surface area (Å²) in [4.78, 5) is 0. The first kappa shape index (κ1) is 39.1. The van der Waals surface area contributed by atoms with Gasteiger partial charge in [0.25, 0.3) is 0 Å². The second-order valence-corrected chi connectivity index (χ2v) is 15.7. The number of halogens is 6. The largest absolute Gasteiger partial charge is 0.417 e. The first-order valence-corrected chi connectivity index (χ1v) is 20.4. The van der Waals surface area contributed by atoms with E-state index in [2.05, 4.69) is 12.1 Å². The minimum absolute atomic E-state index is 0.0216. The average Bonchev–Trinajstić information content (AvgIpc) is 3.30. The van der Waals surface area contributed by atoms with Gasteiger partial charge in [0.15, 0.2) is 0 Å². The molecule has 0 amide bonds. The summed E-state index contributed by atoms with van der Waals surface area (Å²) in [7, 11) is 0. The molecule has 298 valence electrons. The summed E-state index contributed by atoms with van der Waals surface area (Å²) in [5.41, 5.74) is 4.60. The predicted molar refractivity (Wildman–Crippen MR) is 246 cm³/mol. The maximum atomic E-state index is 15.1. The Hall–Kier alpha value is -7.05. The van der Waals surface area contributed by atoms with Gasteiger partial charge in [-0.25, -0.2) is 0 Å². The Balaban J connectivity index is 1.43. The van der Waals surface area contributed by atoms with Crippen LogP contribution in [-0.4, -0.2) is 13.4 Å². The van der Waals surface area contributed by atoms with E-state index >= 15 is 26.3 Å². The van der Waals surface area contributed by atoms with Gasteiger partial charge in [0.05, 0.1) is 11.1 Å². The third kappa shape index (κ3) is 6.80. The van der Waals surface area contributed by atoms with E-state index in [0.29, 0.717) is 32.7 Å². The third-order valence-corrected chi connectivity index (χ3v) is 12.2. The summed E-state index contributed by atoms with van der Waals surface area (Å²) < 4.78 is 90.4. The van der Waals surface area contributed by atoms with Gasteiger partial charge in [0, 0.05) is 0 Å². The molecule has 0 radical (unpaired) electrons. The maximum Gasteiger partial charge on any atom is 0.417 e. The van der Waals surface area contributed by atoms with Gasteiger partial charge in [0.2, 0.25) is 13.4 Å². The normalized spacial score (nSPS) is 12.0. The molecule has 10 aromatic rings. The zero-order valence-corrected chi connectivity index (χ0v) is 33.1. The lowest BCUT2D eigenvalue weighted by molar-refractivity contribution is -0.137. The summed E-state index contributed by atoms with van der Waals surface area (Å²) in [6.45, 7) is -0.824. The van der Waals surface area contributed by atoms with Crippen molar-refractivity contribution in [3.63, 3.8) is 0 Å². The number of alkyl halides is 6. The maximum absolute atomic E-state index is 15.1. The molecule has 0 aliphatic heterocycles. The summed E-state index contributed by atoms with van der Waals surface area (Å²) >= 11 is 0. The van der Waals surface area contributed by atoms with E-state index in [4.69, 9.17) is 0 Å². The average molecular weight is 818 g/mol. The molecule has 0 heterocycles. The molecular weight excluding hydrogens is 784 g/mol. The number of hydrogen-bond acceptors (Lipinski definition) is 0. The molecule has 0 aromatic heterocycles. The Morgan fingerprint density at radius 1 is 0.274 bits per heavy atom. The van der Waals surface area contributed by atoms with Crippen molar-refractivity contribution in [2.45, 2.75) is 12.4 Å². The fourth-order valence-electron chi connectivity index (χ4n) is 9.59. The van der Waals surface area contributed by atoms with Crippen LogP contribution in [-0.2, 0) is 12.4 Å². The van der Waals surface area contributed by atoms with Crippen LogP contribution >= 0.6 is 0 Å². The van der Waals surface area contributed by atoms with Gasteiger partial charge in [-0.2, -0.15) is 26.3 Å². The monoisotopic (exact) mass is 818 g/mol. The molecule has 0 saturated carbocycles. The fourth-order valence-corrected chi connectivity index (χ4v) is 9.59. The Morgan fingerprint density at radius 2 is 0.548 bits per heavy atom. The highest BCUT2D eigenvalue weighted by atomic mass is 19.4. The van der Waals surface area contributed by atoms with Crippen molar-refractivity contribution in [3.05, 3.63) is 217 Å². The standard InChI is InChI=1S/C54H34B2F6/c57-53(58,59)47-27-15-13-25-39(47)45-33-49(55(35-17-5-1-6-18-35)36-19-7-2-8-20-36)43-31-32-44-50(56(37-21-9-3-10-22-37)38-23-11-4-12-24-38)34-46(42-30-29-41(45)51(43)52(42)44)40-26-14-16-28-48(40)54(60,61)62/h1-34H. The van der Waals surface area contributed by atoms with Crippen LogP contribution in [0.25, 0.3) is 54.6 Å². The summed E-state index contributed by atoms with van der Waals surface area (Å²) in [5, 5.41) is 4.12. The van der Waals surface area contributed by atoms with Crippen LogP contribution in [0.1, 0.15) is 11.1 Å². The highest BCUT2D eigenvalue weighted by molar-refractivity contribution is 6.98. The molecule has 10 rings (SSSR count). The Kier molecular flexibility index (Phi) is 9.74. The van der Waals surface area contributed by atoms with Gasteiger partial charge < -0.3 is 0 Å².